The van der Waals surface area contributed by atoms with Crippen LogP contribution in [-0.4, -0.2) is 35.4 Å². The molecule has 3 atom stereocenters. The van der Waals surface area contributed by atoms with Gasteiger partial charge < -0.3 is 15.0 Å². The largest absolute Gasteiger partial charge is 0.491 e. The summed E-state index contributed by atoms with van der Waals surface area (Å²) in [5, 5.41) is 2.82. The second-order valence-corrected chi connectivity index (χ2v) is 6.02. The van der Waals surface area contributed by atoms with Crippen molar-refractivity contribution in [3.8, 4) is 5.75 Å². The Hall–Kier alpha value is -2.04. The molecule has 21 heavy (non-hydrogen) atoms. The minimum absolute atomic E-state index is 0.0256. The summed E-state index contributed by atoms with van der Waals surface area (Å²) in [4.78, 5) is 26.7. The normalized spacial score (nSPS) is 28.4. The number of hydrogen-bond acceptors (Lipinski definition) is 3. The van der Waals surface area contributed by atoms with E-state index in [1.54, 1.807) is 11.8 Å². The summed E-state index contributed by atoms with van der Waals surface area (Å²) in [5.41, 5.74) is 0.981. The van der Waals surface area contributed by atoms with Gasteiger partial charge in [0.2, 0.25) is 11.8 Å². The molecule has 2 aliphatic heterocycles. The van der Waals surface area contributed by atoms with Crippen LogP contribution in [0.3, 0.4) is 0 Å². The lowest BCUT2D eigenvalue weighted by atomic mass is 9.95. The summed E-state index contributed by atoms with van der Waals surface area (Å²) >= 11 is 0. The van der Waals surface area contributed by atoms with Crippen molar-refractivity contribution in [3.63, 3.8) is 0 Å². The van der Waals surface area contributed by atoms with Crippen LogP contribution in [0.15, 0.2) is 24.3 Å². The van der Waals surface area contributed by atoms with Crippen molar-refractivity contribution >= 4 is 11.8 Å². The van der Waals surface area contributed by atoms with E-state index < -0.39 is 12.1 Å². The van der Waals surface area contributed by atoms with E-state index in [-0.39, 0.29) is 23.8 Å². The molecule has 1 saturated heterocycles. The molecule has 1 fully saturated rings. The van der Waals surface area contributed by atoms with E-state index in [0.29, 0.717) is 6.61 Å². The summed E-state index contributed by atoms with van der Waals surface area (Å²) < 4.78 is 5.67. The third-order valence-electron chi connectivity index (χ3n) is 4.29. The van der Waals surface area contributed by atoms with Crippen LogP contribution in [0.5, 0.6) is 5.75 Å². The molecule has 5 heteroatoms. The number of benzene rings is 1. The molecule has 112 valence electrons. The number of rotatable bonds is 2. The van der Waals surface area contributed by atoms with E-state index in [9.17, 15) is 9.59 Å². The van der Waals surface area contributed by atoms with Gasteiger partial charge >= 0.3 is 0 Å². The van der Waals surface area contributed by atoms with Crippen LogP contribution >= 0.6 is 0 Å². The lowest BCUT2D eigenvalue weighted by Gasteiger charge is -2.41. The number of para-hydroxylation sites is 1. The van der Waals surface area contributed by atoms with Gasteiger partial charge in [-0.2, -0.15) is 0 Å². The smallest absolute Gasteiger partial charge is 0.246 e. The number of fused-ring (bicyclic) bond motifs is 1. The molecule has 3 rings (SSSR count). The van der Waals surface area contributed by atoms with Gasteiger partial charge in [0, 0.05) is 5.56 Å². The topological polar surface area (TPSA) is 58.6 Å². The number of carbonyl (C=O) groups excluding carboxylic acids is 2. The Balaban J connectivity index is 1.96. The van der Waals surface area contributed by atoms with Gasteiger partial charge in [0.25, 0.3) is 0 Å². The van der Waals surface area contributed by atoms with E-state index in [4.69, 9.17) is 4.74 Å². The zero-order valence-corrected chi connectivity index (χ0v) is 12.5. The Morgan fingerprint density at radius 2 is 2.00 bits per heavy atom. The molecule has 0 aromatic heterocycles. The highest BCUT2D eigenvalue weighted by atomic mass is 16.5. The van der Waals surface area contributed by atoms with E-state index in [0.717, 1.165) is 11.3 Å². The van der Waals surface area contributed by atoms with E-state index in [2.05, 4.69) is 5.32 Å². The third kappa shape index (κ3) is 2.17. The lowest BCUT2D eigenvalue weighted by Crippen LogP contribution is -2.64. The molecule has 0 spiro atoms. The summed E-state index contributed by atoms with van der Waals surface area (Å²) in [6.45, 7) is 6.06. The van der Waals surface area contributed by atoms with E-state index in [1.807, 2.05) is 38.1 Å². The number of carbonyl (C=O) groups is 2. The Kier molecular flexibility index (Phi) is 3.35. The first-order valence-electron chi connectivity index (χ1n) is 7.35. The second kappa shape index (κ2) is 5.06. The number of hydrogen-bond donors (Lipinski definition) is 1. The van der Waals surface area contributed by atoms with Crippen LogP contribution in [-0.2, 0) is 9.59 Å². The number of piperazine rings is 1. The van der Waals surface area contributed by atoms with Crippen LogP contribution in [0.1, 0.15) is 32.4 Å². The first-order valence-corrected chi connectivity index (χ1v) is 7.35. The molecular formula is C16H20N2O3. The molecule has 0 bridgehead atoms. The Morgan fingerprint density at radius 3 is 2.71 bits per heavy atom. The maximum Gasteiger partial charge on any atom is 0.246 e. The van der Waals surface area contributed by atoms with Crippen molar-refractivity contribution in [2.75, 3.05) is 6.61 Å². The molecule has 3 unspecified atom stereocenters. The monoisotopic (exact) mass is 288 g/mol. The quantitative estimate of drug-likeness (QED) is 0.897. The van der Waals surface area contributed by atoms with Gasteiger partial charge in [-0.1, -0.05) is 32.0 Å². The van der Waals surface area contributed by atoms with Crippen LogP contribution in [0.25, 0.3) is 0 Å². The maximum absolute atomic E-state index is 12.8. The molecule has 5 nitrogen and oxygen atoms in total. The van der Waals surface area contributed by atoms with Crippen molar-refractivity contribution in [1.82, 2.24) is 10.2 Å². The lowest BCUT2D eigenvalue weighted by molar-refractivity contribution is -0.153. The summed E-state index contributed by atoms with van der Waals surface area (Å²) in [5.74, 6) is 0.740. The molecule has 2 amide bonds. The molecule has 0 aliphatic carbocycles. The molecule has 0 saturated carbocycles. The molecule has 1 aromatic rings. The zero-order chi connectivity index (χ0) is 15.1. The first kappa shape index (κ1) is 13.9. The van der Waals surface area contributed by atoms with Gasteiger partial charge in [-0.3, -0.25) is 9.59 Å². The van der Waals surface area contributed by atoms with Gasteiger partial charge in [-0.15, -0.1) is 0 Å². The van der Waals surface area contributed by atoms with E-state index >= 15 is 0 Å². The average Bonchev–Trinajstić information content (AvgIpc) is 2.87. The first-order chi connectivity index (χ1) is 10.0. The molecule has 1 N–H and O–H groups in total. The van der Waals surface area contributed by atoms with Crippen molar-refractivity contribution in [1.29, 1.82) is 0 Å². The number of nitrogens with zero attached hydrogens (tertiary/aromatic N) is 1. The minimum atomic E-state index is -0.479. The summed E-state index contributed by atoms with van der Waals surface area (Å²) in [6, 6.07) is 6.58. The van der Waals surface area contributed by atoms with Gasteiger partial charge in [0.1, 0.15) is 24.4 Å². The molecule has 2 heterocycles. The van der Waals surface area contributed by atoms with Gasteiger partial charge in [0.05, 0.1) is 6.04 Å². The highest BCUT2D eigenvalue weighted by molar-refractivity contribution is 5.97. The molecular weight excluding hydrogens is 268 g/mol. The van der Waals surface area contributed by atoms with Crippen LogP contribution in [0.4, 0.5) is 0 Å². The predicted octanol–water partition coefficient (Wildman–Crippen LogP) is 1.49. The van der Waals surface area contributed by atoms with Gasteiger partial charge in [-0.25, -0.2) is 0 Å². The zero-order valence-electron chi connectivity index (χ0n) is 12.5. The van der Waals surface area contributed by atoms with Crippen LogP contribution < -0.4 is 10.1 Å². The van der Waals surface area contributed by atoms with Gasteiger partial charge in [0.15, 0.2) is 0 Å². The fourth-order valence-electron chi connectivity index (χ4n) is 3.06. The molecule has 2 aliphatic rings. The maximum atomic E-state index is 12.8. The Labute approximate surface area is 124 Å². The number of nitrogens with one attached hydrogen (secondary N) is 1. The highest BCUT2D eigenvalue weighted by Gasteiger charge is 2.45. The summed E-state index contributed by atoms with van der Waals surface area (Å²) in [7, 11) is 0. The number of amides is 2. The predicted molar refractivity (Wildman–Crippen MR) is 77.8 cm³/mol. The third-order valence-corrected chi connectivity index (χ3v) is 4.29. The fraction of sp³-hybridized carbons (Fsp3) is 0.500. The fourth-order valence-corrected chi connectivity index (χ4v) is 3.06. The number of ether oxygens (including phenoxy) is 1. The highest BCUT2D eigenvalue weighted by Crippen LogP contribution is 2.38. The molecule has 1 aromatic carbocycles. The van der Waals surface area contributed by atoms with Crippen LogP contribution in [0.2, 0.25) is 0 Å². The van der Waals surface area contributed by atoms with Gasteiger partial charge in [-0.05, 0) is 18.9 Å². The van der Waals surface area contributed by atoms with Crippen molar-refractivity contribution in [2.24, 2.45) is 5.92 Å². The van der Waals surface area contributed by atoms with Crippen molar-refractivity contribution in [3.05, 3.63) is 29.8 Å². The van der Waals surface area contributed by atoms with Crippen LogP contribution in [0, 0.1) is 5.92 Å². The standard InChI is InChI=1S/C16H20N2O3/c1-9(2)14-16(20)18(10(3)15(19)17-14)12-8-21-13-7-5-4-6-11(12)13/h4-7,9-10,12,14H,8H2,1-3H3,(H,17,19). The average molecular weight is 288 g/mol. The van der Waals surface area contributed by atoms with Crippen molar-refractivity contribution in [2.45, 2.75) is 38.9 Å². The second-order valence-electron chi connectivity index (χ2n) is 6.02. The summed E-state index contributed by atoms with van der Waals surface area (Å²) in [6.07, 6.45) is 0. The Bertz CT molecular complexity index is 585. The van der Waals surface area contributed by atoms with Crippen molar-refractivity contribution < 1.29 is 14.3 Å². The minimum Gasteiger partial charge on any atom is -0.491 e. The Morgan fingerprint density at radius 1 is 1.29 bits per heavy atom. The SMILES string of the molecule is CC(C)C1NC(=O)C(C)N(C2COc3ccccc32)C1=O. The molecule has 0 radical (unpaired) electrons. The van der Waals surface area contributed by atoms with E-state index in [1.165, 1.54) is 0 Å².